The molecule has 0 spiro atoms. The van der Waals surface area contributed by atoms with Crippen molar-refractivity contribution in [2.24, 2.45) is 0 Å². The van der Waals surface area contributed by atoms with Crippen molar-refractivity contribution >= 4 is 22.7 Å². The summed E-state index contributed by atoms with van der Waals surface area (Å²) in [4.78, 5) is 7.40. The summed E-state index contributed by atoms with van der Waals surface area (Å²) >= 11 is 3.62. The zero-order valence-electron chi connectivity index (χ0n) is 9.90. The normalized spacial score (nSPS) is 19.9. The number of rotatable bonds is 3. The molecule has 0 amide bonds. The lowest BCUT2D eigenvalue weighted by molar-refractivity contribution is 0.601. The van der Waals surface area contributed by atoms with Gasteiger partial charge in [0.05, 0.1) is 15.6 Å². The second-order valence-corrected chi connectivity index (χ2v) is 6.76. The van der Waals surface area contributed by atoms with Gasteiger partial charge in [-0.3, -0.25) is 0 Å². The van der Waals surface area contributed by atoms with Crippen molar-refractivity contribution in [1.29, 1.82) is 0 Å². The van der Waals surface area contributed by atoms with Crippen LogP contribution >= 0.6 is 22.7 Å². The Morgan fingerprint density at radius 1 is 1.47 bits per heavy atom. The average Bonchev–Trinajstić information content (AvgIpc) is 2.99. The number of hydrogen-bond acceptors (Lipinski definition) is 4. The summed E-state index contributed by atoms with van der Waals surface area (Å²) in [5, 5.41) is 6.99. The van der Waals surface area contributed by atoms with E-state index in [9.17, 15) is 0 Å². The number of aryl methyl sites for hydroxylation is 1. The highest BCUT2D eigenvalue weighted by Crippen LogP contribution is 2.29. The average molecular weight is 264 g/mol. The summed E-state index contributed by atoms with van der Waals surface area (Å²) < 4.78 is 0. The van der Waals surface area contributed by atoms with Crippen molar-refractivity contribution < 1.29 is 0 Å². The van der Waals surface area contributed by atoms with Gasteiger partial charge in [0, 0.05) is 22.7 Å². The van der Waals surface area contributed by atoms with Crippen molar-refractivity contribution in [2.75, 3.05) is 6.54 Å². The van der Waals surface area contributed by atoms with Gasteiger partial charge in [-0.1, -0.05) is 0 Å². The van der Waals surface area contributed by atoms with E-state index in [4.69, 9.17) is 4.98 Å². The second kappa shape index (κ2) is 4.88. The molecule has 0 bridgehead atoms. The standard InChI is InChI=1S/C13H16N2S2/c1-9-4-5-12(17-9)11-8-16-13(15-11)7-10-3-2-6-14-10/h4-5,8,10,14H,2-3,6-7H2,1H3. The highest BCUT2D eigenvalue weighted by molar-refractivity contribution is 7.16. The molecule has 1 fully saturated rings. The molecule has 1 atom stereocenters. The van der Waals surface area contributed by atoms with Gasteiger partial charge in [-0.05, 0) is 38.4 Å². The molecule has 0 aromatic carbocycles. The lowest BCUT2D eigenvalue weighted by Gasteiger charge is -2.06. The van der Waals surface area contributed by atoms with E-state index in [0.717, 1.165) is 12.1 Å². The fourth-order valence-electron chi connectivity index (χ4n) is 2.23. The predicted octanol–water partition coefficient (Wildman–Crippen LogP) is 3.47. The Kier molecular flexibility index (Phi) is 3.27. The maximum absolute atomic E-state index is 4.75. The monoisotopic (exact) mass is 264 g/mol. The molecular formula is C13H16N2S2. The molecule has 2 aromatic rings. The van der Waals surface area contributed by atoms with Crippen LogP contribution in [0.3, 0.4) is 0 Å². The van der Waals surface area contributed by atoms with Crippen LogP contribution in [0, 0.1) is 6.92 Å². The third kappa shape index (κ3) is 2.59. The smallest absolute Gasteiger partial charge is 0.0948 e. The fourth-order valence-corrected chi connectivity index (χ4v) is 4.01. The first-order chi connectivity index (χ1) is 8.31. The molecule has 3 heterocycles. The van der Waals surface area contributed by atoms with Crippen molar-refractivity contribution in [3.05, 3.63) is 27.4 Å². The molecular weight excluding hydrogens is 248 g/mol. The van der Waals surface area contributed by atoms with Gasteiger partial charge in [0.15, 0.2) is 0 Å². The molecule has 2 aromatic heterocycles. The van der Waals surface area contributed by atoms with E-state index in [1.807, 2.05) is 11.3 Å². The summed E-state index contributed by atoms with van der Waals surface area (Å²) in [5.41, 5.74) is 1.15. The van der Waals surface area contributed by atoms with E-state index in [1.165, 1.54) is 34.1 Å². The van der Waals surface area contributed by atoms with Crippen LogP contribution in [0.4, 0.5) is 0 Å². The van der Waals surface area contributed by atoms with Gasteiger partial charge < -0.3 is 5.32 Å². The number of nitrogens with one attached hydrogen (secondary N) is 1. The van der Waals surface area contributed by atoms with Crippen LogP contribution in [-0.2, 0) is 6.42 Å². The summed E-state index contributed by atoms with van der Waals surface area (Å²) in [6.07, 6.45) is 3.70. The first-order valence-electron chi connectivity index (χ1n) is 6.06. The first kappa shape index (κ1) is 11.4. The second-order valence-electron chi connectivity index (χ2n) is 4.53. The Morgan fingerprint density at radius 3 is 3.12 bits per heavy atom. The van der Waals surface area contributed by atoms with Crippen LogP contribution < -0.4 is 5.32 Å². The van der Waals surface area contributed by atoms with Crippen molar-refractivity contribution in [2.45, 2.75) is 32.2 Å². The zero-order valence-corrected chi connectivity index (χ0v) is 11.5. The topological polar surface area (TPSA) is 24.9 Å². The zero-order chi connectivity index (χ0) is 11.7. The molecule has 1 unspecified atom stereocenters. The van der Waals surface area contributed by atoms with E-state index in [-0.39, 0.29) is 0 Å². The van der Waals surface area contributed by atoms with E-state index in [0.29, 0.717) is 6.04 Å². The van der Waals surface area contributed by atoms with Crippen molar-refractivity contribution in [1.82, 2.24) is 10.3 Å². The molecule has 0 radical (unpaired) electrons. The number of thiazole rings is 1. The van der Waals surface area contributed by atoms with Gasteiger partial charge in [-0.2, -0.15) is 0 Å². The number of nitrogens with zero attached hydrogens (tertiary/aromatic N) is 1. The van der Waals surface area contributed by atoms with Crippen molar-refractivity contribution in [3.8, 4) is 10.6 Å². The number of hydrogen-bond donors (Lipinski definition) is 1. The SMILES string of the molecule is Cc1ccc(-c2csc(CC3CCCN3)n2)s1. The molecule has 4 heteroatoms. The Labute approximate surface area is 110 Å². The summed E-state index contributed by atoms with van der Waals surface area (Å²) in [6.45, 7) is 3.32. The molecule has 90 valence electrons. The number of thiophene rings is 1. The van der Waals surface area contributed by atoms with Gasteiger partial charge in [0.2, 0.25) is 0 Å². The van der Waals surface area contributed by atoms with E-state index in [2.05, 4.69) is 29.8 Å². The van der Waals surface area contributed by atoms with Crippen LogP contribution in [-0.4, -0.2) is 17.6 Å². The lowest BCUT2D eigenvalue weighted by Crippen LogP contribution is -2.23. The molecule has 1 aliphatic rings. The van der Waals surface area contributed by atoms with E-state index in [1.54, 1.807) is 11.3 Å². The minimum Gasteiger partial charge on any atom is -0.314 e. The Hall–Kier alpha value is -0.710. The summed E-state index contributed by atoms with van der Waals surface area (Å²) in [5.74, 6) is 0. The highest BCUT2D eigenvalue weighted by atomic mass is 32.1. The molecule has 0 saturated carbocycles. The summed E-state index contributed by atoms with van der Waals surface area (Å²) in [6, 6.07) is 4.99. The maximum atomic E-state index is 4.75. The minimum absolute atomic E-state index is 0.652. The highest BCUT2D eigenvalue weighted by Gasteiger charge is 2.16. The number of aromatic nitrogens is 1. The molecule has 2 nitrogen and oxygen atoms in total. The Morgan fingerprint density at radius 2 is 2.41 bits per heavy atom. The van der Waals surface area contributed by atoms with Gasteiger partial charge in [-0.25, -0.2) is 4.98 Å². The van der Waals surface area contributed by atoms with Crippen LogP contribution in [0.5, 0.6) is 0 Å². The van der Waals surface area contributed by atoms with Gasteiger partial charge >= 0.3 is 0 Å². The largest absolute Gasteiger partial charge is 0.314 e. The molecule has 0 aliphatic carbocycles. The Balaban J connectivity index is 1.73. The van der Waals surface area contributed by atoms with Gasteiger partial charge in [-0.15, -0.1) is 22.7 Å². The van der Waals surface area contributed by atoms with Gasteiger partial charge in [0.25, 0.3) is 0 Å². The molecule has 3 rings (SSSR count). The Bertz CT molecular complexity index is 495. The van der Waals surface area contributed by atoms with Crippen LogP contribution in [0.25, 0.3) is 10.6 Å². The fraction of sp³-hybridized carbons (Fsp3) is 0.462. The van der Waals surface area contributed by atoms with Gasteiger partial charge in [0.1, 0.15) is 0 Å². The predicted molar refractivity (Wildman–Crippen MR) is 74.9 cm³/mol. The van der Waals surface area contributed by atoms with E-state index < -0.39 is 0 Å². The molecule has 1 N–H and O–H groups in total. The third-order valence-corrected chi connectivity index (χ3v) is 5.02. The van der Waals surface area contributed by atoms with E-state index >= 15 is 0 Å². The molecule has 17 heavy (non-hydrogen) atoms. The lowest BCUT2D eigenvalue weighted by atomic mass is 10.2. The molecule has 1 aliphatic heterocycles. The van der Waals surface area contributed by atoms with Crippen LogP contribution in [0.2, 0.25) is 0 Å². The quantitative estimate of drug-likeness (QED) is 0.918. The summed E-state index contributed by atoms with van der Waals surface area (Å²) in [7, 11) is 0. The minimum atomic E-state index is 0.652. The first-order valence-corrected chi connectivity index (χ1v) is 7.75. The van der Waals surface area contributed by atoms with Crippen LogP contribution in [0.15, 0.2) is 17.5 Å². The third-order valence-electron chi connectivity index (χ3n) is 3.13. The van der Waals surface area contributed by atoms with Crippen LogP contribution in [0.1, 0.15) is 22.7 Å². The maximum Gasteiger partial charge on any atom is 0.0948 e. The van der Waals surface area contributed by atoms with Crippen molar-refractivity contribution in [3.63, 3.8) is 0 Å². The molecule has 1 saturated heterocycles.